The molecule has 3 fully saturated rings. The van der Waals surface area contributed by atoms with E-state index in [4.69, 9.17) is 9.15 Å². The van der Waals surface area contributed by atoms with Crippen molar-refractivity contribution in [3.8, 4) is 17.2 Å². The lowest BCUT2D eigenvalue weighted by atomic mass is 9.88. The SMILES string of the molecule is N#CC1(NC(=O)C2(NC(=O)c3cc4ccc(-c5ccc(C6(O)COC6)cc5)cc4o3)CCCCCC2)CC1. The highest BCUT2D eigenvalue weighted by Crippen LogP contribution is 2.37. The second-order valence-corrected chi connectivity index (χ2v) is 11.1. The monoisotopic (exact) mass is 513 g/mol. The lowest BCUT2D eigenvalue weighted by molar-refractivity contribution is -0.184. The van der Waals surface area contributed by atoms with Gasteiger partial charge in [-0.25, -0.2) is 0 Å². The molecule has 196 valence electrons. The van der Waals surface area contributed by atoms with Crippen molar-refractivity contribution in [1.29, 1.82) is 5.26 Å². The lowest BCUT2D eigenvalue weighted by Gasteiger charge is -2.36. The third-order valence-corrected chi connectivity index (χ3v) is 8.24. The van der Waals surface area contributed by atoms with Gasteiger partial charge in [0, 0.05) is 5.39 Å². The Labute approximate surface area is 221 Å². The van der Waals surface area contributed by atoms with Crippen LogP contribution in [0.1, 0.15) is 67.5 Å². The molecular weight excluding hydrogens is 482 g/mol. The van der Waals surface area contributed by atoms with E-state index in [1.807, 2.05) is 42.5 Å². The Balaban J connectivity index is 1.23. The van der Waals surface area contributed by atoms with Gasteiger partial charge in [0.2, 0.25) is 5.91 Å². The minimum absolute atomic E-state index is 0.151. The van der Waals surface area contributed by atoms with Crippen molar-refractivity contribution in [2.75, 3.05) is 13.2 Å². The summed E-state index contributed by atoms with van der Waals surface area (Å²) in [5.41, 5.74) is 0.522. The van der Waals surface area contributed by atoms with E-state index in [1.54, 1.807) is 6.07 Å². The number of aliphatic hydroxyl groups is 1. The normalized spacial score (nSPS) is 20.9. The summed E-state index contributed by atoms with van der Waals surface area (Å²) < 4.78 is 11.1. The molecule has 3 N–H and O–H groups in total. The molecule has 1 aliphatic heterocycles. The van der Waals surface area contributed by atoms with Crippen LogP contribution in [0, 0.1) is 11.3 Å². The Morgan fingerprint density at radius 3 is 2.16 bits per heavy atom. The number of carbonyl (C=O) groups excluding carboxylic acids is 2. The van der Waals surface area contributed by atoms with Gasteiger partial charge in [0.15, 0.2) is 5.76 Å². The van der Waals surface area contributed by atoms with Crippen LogP contribution in [-0.2, 0) is 15.1 Å². The number of carbonyl (C=O) groups is 2. The van der Waals surface area contributed by atoms with Gasteiger partial charge >= 0.3 is 0 Å². The number of fused-ring (bicyclic) bond motifs is 1. The highest BCUT2D eigenvalue weighted by Gasteiger charge is 2.50. The number of hydrogen-bond acceptors (Lipinski definition) is 6. The Kier molecular flexibility index (Phi) is 6.01. The number of furan rings is 1. The molecule has 8 heteroatoms. The van der Waals surface area contributed by atoms with Gasteiger partial charge in [-0.2, -0.15) is 5.26 Å². The van der Waals surface area contributed by atoms with Crippen molar-refractivity contribution in [3.63, 3.8) is 0 Å². The Bertz CT molecular complexity index is 1420. The third kappa shape index (κ3) is 4.46. The zero-order valence-corrected chi connectivity index (χ0v) is 21.2. The minimum atomic E-state index is -1.05. The average Bonchev–Trinajstić information content (AvgIpc) is 3.62. The van der Waals surface area contributed by atoms with Crippen LogP contribution in [0.4, 0.5) is 0 Å². The number of nitrogens with zero attached hydrogens (tertiary/aromatic N) is 1. The maximum atomic E-state index is 13.4. The molecule has 2 heterocycles. The van der Waals surface area contributed by atoms with Gasteiger partial charge < -0.3 is 24.9 Å². The molecule has 2 aliphatic carbocycles. The number of benzene rings is 2. The zero-order chi connectivity index (χ0) is 26.4. The maximum Gasteiger partial charge on any atom is 0.287 e. The van der Waals surface area contributed by atoms with Gasteiger partial charge in [-0.05, 0) is 54.5 Å². The smallest absolute Gasteiger partial charge is 0.287 e. The molecule has 38 heavy (non-hydrogen) atoms. The van der Waals surface area contributed by atoms with Gasteiger partial charge in [-0.15, -0.1) is 0 Å². The second-order valence-electron chi connectivity index (χ2n) is 11.1. The molecule has 0 atom stereocenters. The summed E-state index contributed by atoms with van der Waals surface area (Å²) in [4.78, 5) is 26.8. The molecule has 6 rings (SSSR count). The van der Waals surface area contributed by atoms with Crippen molar-refractivity contribution >= 4 is 22.8 Å². The van der Waals surface area contributed by atoms with E-state index in [-0.39, 0.29) is 11.7 Å². The van der Waals surface area contributed by atoms with Crippen LogP contribution in [0.15, 0.2) is 52.9 Å². The van der Waals surface area contributed by atoms with E-state index in [1.165, 1.54) is 0 Å². The van der Waals surface area contributed by atoms with Crippen molar-refractivity contribution < 1.29 is 23.8 Å². The third-order valence-electron chi connectivity index (χ3n) is 8.24. The fourth-order valence-corrected chi connectivity index (χ4v) is 5.50. The molecule has 3 aromatic rings. The van der Waals surface area contributed by atoms with E-state index < -0.39 is 22.6 Å². The summed E-state index contributed by atoms with van der Waals surface area (Å²) in [5.74, 6) is -0.550. The quantitative estimate of drug-likeness (QED) is 0.422. The second kappa shape index (κ2) is 9.26. The van der Waals surface area contributed by atoms with E-state index in [0.29, 0.717) is 44.5 Å². The van der Waals surface area contributed by atoms with Gasteiger partial charge in [-0.3, -0.25) is 9.59 Å². The maximum absolute atomic E-state index is 13.4. The molecule has 2 amide bonds. The van der Waals surface area contributed by atoms with Crippen LogP contribution < -0.4 is 10.6 Å². The molecule has 2 aromatic carbocycles. The summed E-state index contributed by atoms with van der Waals surface area (Å²) in [6, 6.07) is 17.4. The number of nitrogens with one attached hydrogen (secondary N) is 2. The predicted octanol–water partition coefficient (Wildman–Crippen LogP) is 4.31. The fourth-order valence-electron chi connectivity index (χ4n) is 5.50. The minimum Gasteiger partial charge on any atom is -0.451 e. The van der Waals surface area contributed by atoms with Crippen molar-refractivity contribution in [2.45, 2.75) is 68.0 Å². The molecule has 0 radical (unpaired) electrons. The van der Waals surface area contributed by atoms with Crippen molar-refractivity contribution in [1.82, 2.24) is 10.6 Å². The van der Waals surface area contributed by atoms with E-state index >= 15 is 0 Å². The molecule has 2 saturated carbocycles. The van der Waals surface area contributed by atoms with Crippen LogP contribution >= 0.6 is 0 Å². The zero-order valence-electron chi connectivity index (χ0n) is 21.2. The van der Waals surface area contributed by atoms with Crippen LogP contribution in [0.2, 0.25) is 0 Å². The van der Waals surface area contributed by atoms with Crippen molar-refractivity contribution in [2.24, 2.45) is 0 Å². The predicted molar refractivity (Wildman–Crippen MR) is 140 cm³/mol. The molecule has 1 aromatic heterocycles. The van der Waals surface area contributed by atoms with Crippen LogP contribution in [0.5, 0.6) is 0 Å². The number of amides is 2. The summed E-state index contributed by atoms with van der Waals surface area (Å²) in [5, 5.41) is 26.7. The molecule has 1 saturated heterocycles. The van der Waals surface area contributed by atoms with Gasteiger partial charge in [0.1, 0.15) is 22.3 Å². The van der Waals surface area contributed by atoms with E-state index in [9.17, 15) is 20.0 Å². The fraction of sp³-hybridized carbons (Fsp3) is 0.433. The first-order valence-corrected chi connectivity index (χ1v) is 13.3. The molecular formula is C30H31N3O5. The van der Waals surface area contributed by atoms with Crippen molar-refractivity contribution in [3.05, 3.63) is 59.9 Å². The first-order chi connectivity index (χ1) is 18.3. The van der Waals surface area contributed by atoms with Gasteiger partial charge in [0.05, 0.1) is 19.3 Å². The van der Waals surface area contributed by atoms with Crippen LogP contribution in [0.3, 0.4) is 0 Å². The molecule has 0 unspecified atom stereocenters. The Hall–Kier alpha value is -3.67. The van der Waals surface area contributed by atoms with E-state index in [0.717, 1.165) is 47.8 Å². The highest BCUT2D eigenvalue weighted by atomic mass is 16.5. The molecule has 8 nitrogen and oxygen atoms in total. The van der Waals surface area contributed by atoms with Gasteiger partial charge in [-0.1, -0.05) is 62.1 Å². The number of ether oxygens (including phenoxy) is 1. The Morgan fingerprint density at radius 2 is 1.55 bits per heavy atom. The Morgan fingerprint density at radius 1 is 0.868 bits per heavy atom. The topological polar surface area (TPSA) is 125 Å². The summed E-state index contributed by atoms with van der Waals surface area (Å²) in [6.45, 7) is 0.607. The number of hydrogen-bond donors (Lipinski definition) is 3. The van der Waals surface area contributed by atoms with E-state index in [2.05, 4.69) is 16.7 Å². The highest BCUT2D eigenvalue weighted by molar-refractivity contribution is 6.00. The standard InChI is InChI=1S/C30H31N3O5/c31-17-28(13-14-28)33-27(35)29(11-3-1-2-4-12-29)32-26(34)25-16-22-6-5-21(15-24(22)38-25)20-7-9-23(10-8-20)30(36)18-37-19-30/h5-10,15-16,36H,1-4,11-14,18-19H2,(H,32,34)(H,33,35). The number of nitriles is 1. The summed E-state index contributed by atoms with van der Waals surface area (Å²) in [7, 11) is 0. The summed E-state index contributed by atoms with van der Waals surface area (Å²) >= 11 is 0. The molecule has 3 aliphatic rings. The van der Waals surface area contributed by atoms with Gasteiger partial charge in [0.25, 0.3) is 5.91 Å². The summed E-state index contributed by atoms with van der Waals surface area (Å²) in [6.07, 6.45) is 6.04. The first-order valence-electron chi connectivity index (χ1n) is 13.3. The lowest BCUT2D eigenvalue weighted by Crippen LogP contribution is -2.60. The average molecular weight is 514 g/mol. The van der Waals surface area contributed by atoms with Crippen LogP contribution in [0.25, 0.3) is 22.1 Å². The first kappa shape index (κ1) is 24.7. The molecule has 0 bridgehead atoms. The largest absolute Gasteiger partial charge is 0.451 e. The molecule has 0 spiro atoms. The number of rotatable bonds is 6. The van der Waals surface area contributed by atoms with Crippen LogP contribution in [-0.4, -0.2) is 41.2 Å².